The molecular weight excluding hydrogens is 182 g/mol. The van der Waals surface area contributed by atoms with Gasteiger partial charge in [0.1, 0.15) is 6.04 Å². The van der Waals surface area contributed by atoms with Crippen LogP contribution in [0.1, 0.15) is 19.8 Å². The summed E-state index contributed by atoms with van der Waals surface area (Å²) in [7, 11) is 0. The monoisotopic (exact) mass is 199 g/mol. The van der Waals surface area contributed by atoms with E-state index >= 15 is 0 Å². The van der Waals surface area contributed by atoms with Gasteiger partial charge in [0.05, 0.1) is 0 Å². The lowest BCUT2D eigenvalue weighted by Gasteiger charge is -2.10. The number of hydrogen-bond donors (Lipinski definition) is 3. The van der Waals surface area contributed by atoms with Crippen molar-refractivity contribution in [2.45, 2.75) is 25.8 Å². The summed E-state index contributed by atoms with van der Waals surface area (Å²) < 4.78 is 0. The Kier molecular flexibility index (Phi) is 4.39. The molecule has 5 nitrogen and oxygen atoms in total. The summed E-state index contributed by atoms with van der Waals surface area (Å²) in [6.07, 6.45) is 1.08. The molecule has 1 aliphatic heterocycles. The molecule has 0 radical (unpaired) electrons. The fourth-order valence-corrected chi connectivity index (χ4v) is 1.38. The van der Waals surface area contributed by atoms with Crippen LogP contribution < -0.4 is 16.0 Å². The van der Waals surface area contributed by atoms with Crippen molar-refractivity contribution in [2.75, 3.05) is 19.6 Å². The first-order valence-electron chi connectivity index (χ1n) is 5.02. The predicted octanol–water partition coefficient (Wildman–Crippen LogP) is -1.01. The number of hydrogen-bond acceptors (Lipinski definition) is 3. The topological polar surface area (TPSA) is 70.2 Å². The Bertz CT molecular complexity index is 218. The van der Waals surface area contributed by atoms with Crippen LogP contribution in [-0.2, 0) is 9.59 Å². The molecule has 5 heteroatoms. The SMILES string of the molecule is CCNCCNC(=O)[C@H]1CCC(=O)N1. The number of carbonyl (C=O) groups is 2. The normalized spacial score (nSPS) is 20.6. The highest BCUT2D eigenvalue weighted by atomic mass is 16.2. The van der Waals surface area contributed by atoms with Crippen LogP contribution in [0.25, 0.3) is 0 Å². The Balaban J connectivity index is 2.12. The second-order valence-corrected chi connectivity index (χ2v) is 3.30. The Labute approximate surface area is 83.6 Å². The van der Waals surface area contributed by atoms with Crippen molar-refractivity contribution in [1.82, 2.24) is 16.0 Å². The molecule has 1 atom stereocenters. The van der Waals surface area contributed by atoms with Gasteiger partial charge in [0.2, 0.25) is 11.8 Å². The summed E-state index contributed by atoms with van der Waals surface area (Å²) >= 11 is 0. The summed E-state index contributed by atoms with van der Waals surface area (Å²) in [6, 6.07) is -0.316. The Morgan fingerprint density at radius 3 is 2.93 bits per heavy atom. The predicted molar refractivity (Wildman–Crippen MR) is 52.7 cm³/mol. The van der Waals surface area contributed by atoms with E-state index in [2.05, 4.69) is 16.0 Å². The van der Waals surface area contributed by atoms with E-state index in [4.69, 9.17) is 0 Å². The van der Waals surface area contributed by atoms with Gasteiger partial charge in [-0.15, -0.1) is 0 Å². The Morgan fingerprint density at radius 1 is 1.57 bits per heavy atom. The van der Waals surface area contributed by atoms with Crippen LogP contribution in [0, 0.1) is 0 Å². The molecule has 1 heterocycles. The minimum atomic E-state index is -0.316. The smallest absolute Gasteiger partial charge is 0.242 e. The molecule has 0 aromatic rings. The van der Waals surface area contributed by atoms with Gasteiger partial charge in [-0.1, -0.05) is 6.92 Å². The van der Waals surface area contributed by atoms with E-state index in [0.29, 0.717) is 19.4 Å². The molecule has 0 aromatic heterocycles. The van der Waals surface area contributed by atoms with E-state index in [0.717, 1.165) is 13.1 Å². The van der Waals surface area contributed by atoms with Crippen LogP contribution in [0.4, 0.5) is 0 Å². The van der Waals surface area contributed by atoms with Crippen molar-refractivity contribution in [3.63, 3.8) is 0 Å². The third kappa shape index (κ3) is 3.33. The molecule has 14 heavy (non-hydrogen) atoms. The summed E-state index contributed by atoms with van der Waals surface area (Å²) in [5, 5.41) is 8.49. The van der Waals surface area contributed by atoms with E-state index < -0.39 is 0 Å². The number of nitrogens with one attached hydrogen (secondary N) is 3. The molecule has 3 N–H and O–H groups in total. The molecule has 80 valence electrons. The van der Waals surface area contributed by atoms with Crippen LogP contribution in [0.15, 0.2) is 0 Å². The Hall–Kier alpha value is -1.10. The van der Waals surface area contributed by atoms with E-state index in [9.17, 15) is 9.59 Å². The zero-order valence-electron chi connectivity index (χ0n) is 8.43. The third-order valence-corrected chi connectivity index (χ3v) is 2.16. The van der Waals surface area contributed by atoms with Crippen LogP contribution in [-0.4, -0.2) is 37.5 Å². The van der Waals surface area contributed by atoms with E-state index in [-0.39, 0.29) is 17.9 Å². The largest absolute Gasteiger partial charge is 0.353 e. The average molecular weight is 199 g/mol. The van der Waals surface area contributed by atoms with Gasteiger partial charge in [0.15, 0.2) is 0 Å². The highest BCUT2D eigenvalue weighted by molar-refractivity contribution is 5.90. The van der Waals surface area contributed by atoms with E-state index in [1.807, 2.05) is 6.92 Å². The lowest BCUT2D eigenvalue weighted by atomic mass is 10.2. The third-order valence-electron chi connectivity index (χ3n) is 2.16. The van der Waals surface area contributed by atoms with Crippen LogP contribution in [0.2, 0.25) is 0 Å². The molecule has 0 aromatic carbocycles. The van der Waals surface area contributed by atoms with E-state index in [1.54, 1.807) is 0 Å². The van der Waals surface area contributed by atoms with Gasteiger partial charge in [-0.2, -0.15) is 0 Å². The molecule has 0 saturated carbocycles. The lowest BCUT2D eigenvalue weighted by Crippen LogP contribution is -2.43. The maximum atomic E-state index is 11.4. The van der Waals surface area contributed by atoms with E-state index in [1.165, 1.54) is 0 Å². The highest BCUT2D eigenvalue weighted by Gasteiger charge is 2.26. The van der Waals surface area contributed by atoms with Gasteiger partial charge in [-0.25, -0.2) is 0 Å². The lowest BCUT2D eigenvalue weighted by molar-refractivity contribution is -0.125. The van der Waals surface area contributed by atoms with Crippen LogP contribution in [0.3, 0.4) is 0 Å². The minimum absolute atomic E-state index is 0.0307. The molecule has 0 spiro atoms. The summed E-state index contributed by atoms with van der Waals surface area (Å²) in [5.74, 6) is -0.106. The zero-order valence-corrected chi connectivity index (χ0v) is 8.43. The zero-order chi connectivity index (χ0) is 10.4. The number of amides is 2. The number of likely N-dealkylation sites (N-methyl/N-ethyl adjacent to an activating group) is 1. The van der Waals surface area contributed by atoms with Gasteiger partial charge < -0.3 is 16.0 Å². The molecule has 2 amide bonds. The standard InChI is InChI=1S/C9H17N3O2/c1-2-10-5-6-11-9(14)7-3-4-8(13)12-7/h7,10H,2-6H2,1H3,(H,11,14)(H,12,13)/t7-/m1/s1. The van der Waals surface area contributed by atoms with Crippen LogP contribution in [0.5, 0.6) is 0 Å². The van der Waals surface area contributed by atoms with Gasteiger partial charge in [0.25, 0.3) is 0 Å². The van der Waals surface area contributed by atoms with Crippen molar-refractivity contribution < 1.29 is 9.59 Å². The van der Waals surface area contributed by atoms with Crippen molar-refractivity contribution in [1.29, 1.82) is 0 Å². The Morgan fingerprint density at radius 2 is 2.36 bits per heavy atom. The average Bonchev–Trinajstić information content (AvgIpc) is 2.59. The van der Waals surface area contributed by atoms with Crippen LogP contribution >= 0.6 is 0 Å². The fourth-order valence-electron chi connectivity index (χ4n) is 1.38. The summed E-state index contributed by atoms with van der Waals surface area (Å²) in [4.78, 5) is 22.2. The molecule has 1 aliphatic rings. The molecule has 0 aliphatic carbocycles. The second-order valence-electron chi connectivity index (χ2n) is 3.30. The maximum Gasteiger partial charge on any atom is 0.242 e. The van der Waals surface area contributed by atoms with Gasteiger partial charge >= 0.3 is 0 Å². The first-order chi connectivity index (χ1) is 6.74. The second kappa shape index (κ2) is 5.59. The van der Waals surface area contributed by atoms with Crippen molar-refractivity contribution >= 4 is 11.8 Å². The molecule has 0 unspecified atom stereocenters. The molecule has 0 bridgehead atoms. The number of carbonyl (C=O) groups excluding carboxylic acids is 2. The molecule has 1 fully saturated rings. The van der Waals surface area contributed by atoms with Gasteiger partial charge in [-0.3, -0.25) is 9.59 Å². The highest BCUT2D eigenvalue weighted by Crippen LogP contribution is 2.05. The van der Waals surface area contributed by atoms with Crippen molar-refractivity contribution in [2.24, 2.45) is 0 Å². The quantitative estimate of drug-likeness (QED) is 0.497. The summed E-state index contributed by atoms with van der Waals surface area (Å²) in [6.45, 7) is 4.29. The first kappa shape index (κ1) is 11.0. The summed E-state index contributed by atoms with van der Waals surface area (Å²) in [5.41, 5.74) is 0. The van der Waals surface area contributed by atoms with Crippen molar-refractivity contribution in [3.8, 4) is 0 Å². The molecule has 1 saturated heterocycles. The van der Waals surface area contributed by atoms with Gasteiger partial charge in [-0.05, 0) is 13.0 Å². The maximum absolute atomic E-state index is 11.4. The molecule has 1 rings (SSSR count). The van der Waals surface area contributed by atoms with Crippen molar-refractivity contribution in [3.05, 3.63) is 0 Å². The first-order valence-corrected chi connectivity index (χ1v) is 5.02. The fraction of sp³-hybridized carbons (Fsp3) is 0.778. The number of rotatable bonds is 5. The molecular formula is C9H17N3O2. The minimum Gasteiger partial charge on any atom is -0.353 e. The van der Waals surface area contributed by atoms with Gasteiger partial charge in [0, 0.05) is 19.5 Å².